The highest BCUT2D eigenvalue weighted by molar-refractivity contribution is 6.30. The van der Waals surface area contributed by atoms with Crippen LogP contribution in [0.5, 0.6) is 0 Å². The molecule has 2 rings (SSSR count). The zero-order chi connectivity index (χ0) is 14.7. The van der Waals surface area contributed by atoms with Gasteiger partial charge in [-0.05, 0) is 42.5 Å². The topological polar surface area (TPSA) is 46.2 Å². The van der Waals surface area contributed by atoms with Crippen molar-refractivity contribution in [2.24, 2.45) is 0 Å². The van der Waals surface area contributed by atoms with Crippen molar-refractivity contribution in [1.82, 2.24) is 0 Å². The predicted molar refractivity (Wildman–Crippen MR) is 75.6 cm³/mol. The molecule has 1 N–H and O–H groups in total. The van der Waals surface area contributed by atoms with Gasteiger partial charge in [0.15, 0.2) is 5.78 Å². The first-order valence-electron chi connectivity index (χ1n) is 5.85. The quantitative estimate of drug-likeness (QED) is 0.877. The third-order valence-electron chi connectivity index (χ3n) is 2.64. The van der Waals surface area contributed by atoms with Crippen molar-refractivity contribution in [2.75, 3.05) is 5.32 Å². The van der Waals surface area contributed by atoms with Gasteiger partial charge < -0.3 is 5.32 Å². The number of anilines is 1. The standard InChI is InChI=1S/C15H11ClFNO2/c1-9(19)18-12-5-2-10(3-6-12)15(20)13-7-4-11(16)8-14(13)17/h2-8H,1H3,(H,18,19). The van der Waals surface area contributed by atoms with Crippen LogP contribution in [0.15, 0.2) is 42.5 Å². The number of nitrogens with one attached hydrogen (secondary N) is 1. The molecule has 0 aliphatic rings. The molecule has 0 spiro atoms. The first-order chi connectivity index (χ1) is 9.47. The molecule has 0 radical (unpaired) electrons. The summed E-state index contributed by atoms with van der Waals surface area (Å²) in [6.07, 6.45) is 0. The zero-order valence-corrected chi connectivity index (χ0v) is 11.4. The fourth-order valence-corrected chi connectivity index (χ4v) is 1.90. The Morgan fingerprint density at radius 1 is 1.10 bits per heavy atom. The Morgan fingerprint density at radius 2 is 1.75 bits per heavy atom. The number of hydrogen-bond acceptors (Lipinski definition) is 2. The molecule has 0 aliphatic carbocycles. The second-order valence-corrected chi connectivity index (χ2v) is 4.65. The lowest BCUT2D eigenvalue weighted by Gasteiger charge is -2.05. The number of benzene rings is 2. The minimum absolute atomic E-state index is 0.0401. The van der Waals surface area contributed by atoms with Crippen LogP contribution in [-0.4, -0.2) is 11.7 Å². The third-order valence-corrected chi connectivity index (χ3v) is 2.88. The summed E-state index contributed by atoms with van der Waals surface area (Å²) in [5, 5.41) is 2.82. The molecular formula is C15H11ClFNO2. The maximum atomic E-state index is 13.7. The highest BCUT2D eigenvalue weighted by Gasteiger charge is 2.14. The highest BCUT2D eigenvalue weighted by Crippen LogP contribution is 2.19. The van der Waals surface area contributed by atoms with E-state index in [-0.39, 0.29) is 16.5 Å². The van der Waals surface area contributed by atoms with Crippen molar-refractivity contribution in [3.63, 3.8) is 0 Å². The molecule has 1 amide bonds. The Hall–Kier alpha value is -2.20. The minimum atomic E-state index is -0.659. The van der Waals surface area contributed by atoms with Crippen molar-refractivity contribution in [3.8, 4) is 0 Å². The van der Waals surface area contributed by atoms with Crippen molar-refractivity contribution < 1.29 is 14.0 Å². The van der Waals surface area contributed by atoms with E-state index in [0.717, 1.165) is 6.07 Å². The summed E-state index contributed by atoms with van der Waals surface area (Å²) in [5.41, 5.74) is 0.868. The van der Waals surface area contributed by atoms with E-state index in [4.69, 9.17) is 11.6 Å². The number of carbonyl (C=O) groups excluding carboxylic acids is 2. The van der Waals surface area contributed by atoms with Gasteiger partial charge in [-0.1, -0.05) is 11.6 Å². The van der Waals surface area contributed by atoms with Gasteiger partial charge in [-0.25, -0.2) is 4.39 Å². The van der Waals surface area contributed by atoms with Gasteiger partial charge in [0, 0.05) is 23.2 Å². The number of ketones is 1. The van der Waals surface area contributed by atoms with Crippen molar-refractivity contribution in [1.29, 1.82) is 0 Å². The van der Waals surface area contributed by atoms with E-state index in [0.29, 0.717) is 11.3 Å². The van der Waals surface area contributed by atoms with Crippen molar-refractivity contribution in [2.45, 2.75) is 6.92 Å². The molecular weight excluding hydrogens is 281 g/mol. The molecule has 0 atom stereocenters. The molecule has 0 aliphatic heterocycles. The number of rotatable bonds is 3. The van der Waals surface area contributed by atoms with Gasteiger partial charge in [0.25, 0.3) is 0 Å². The predicted octanol–water partition coefficient (Wildman–Crippen LogP) is 3.67. The van der Waals surface area contributed by atoms with Crippen LogP contribution in [0.3, 0.4) is 0 Å². The van der Waals surface area contributed by atoms with Crippen LogP contribution in [0.4, 0.5) is 10.1 Å². The summed E-state index contributed by atoms with van der Waals surface area (Å²) >= 11 is 5.65. The van der Waals surface area contributed by atoms with E-state index in [1.807, 2.05) is 0 Å². The van der Waals surface area contributed by atoms with Crippen LogP contribution < -0.4 is 5.32 Å². The summed E-state index contributed by atoms with van der Waals surface area (Å²) < 4.78 is 13.7. The van der Waals surface area contributed by atoms with Gasteiger partial charge >= 0.3 is 0 Å². The summed E-state index contributed by atoms with van der Waals surface area (Å²) in [4.78, 5) is 23.0. The van der Waals surface area contributed by atoms with Gasteiger partial charge in [0.05, 0.1) is 5.56 Å². The molecule has 20 heavy (non-hydrogen) atoms. The molecule has 0 saturated heterocycles. The second-order valence-electron chi connectivity index (χ2n) is 4.21. The summed E-state index contributed by atoms with van der Waals surface area (Å²) in [5.74, 6) is -1.30. The Balaban J connectivity index is 2.27. The molecule has 0 aromatic heterocycles. The van der Waals surface area contributed by atoms with Crippen LogP contribution >= 0.6 is 11.6 Å². The van der Waals surface area contributed by atoms with Crippen molar-refractivity contribution >= 4 is 29.0 Å². The van der Waals surface area contributed by atoms with Crippen LogP contribution in [0, 0.1) is 5.82 Å². The molecule has 0 fully saturated rings. The molecule has 5 heteroatoms. The molecule has 2 aromatic carbocycles. The maximum Gasteiger partial charge on any atom is 0.221 e. The lowest BCUT2D eigenvalue weighted by molar-refractivity contribution is -0.114. The molecule has 3 nitrogen and oxygen atoms in total. The Morgan fingerprint density at radius 3 is 2.30 bits per heavy atom. The molecule has 0 heterocycles. The van der Waals surface area contributed by atoms with E-state index in [1.54, 1.807) is 12.1 Å². The van der Waals surface area contributed by atoms with E-state index in [1.165, 1.54) is 31.2 Å². The molecule has 2 aromatic rings. The fourth-order valence-electron chi connectivity index (χ4n) is 1.74. The minimum Gasteiger partial charge on any atom is -0.326 e. The van der Waals surface area contributed by atoms with Gasteiger partial charge in [0.1, 0.15) is 5.82 Å². The average Bonchev–Trinajstić information content (AvgIpc) is 2.38. The number of hydrogen-bond donors (Lipinski definition) is 1. The van der Waals surface area contributed by atoms with E-state index >= 15 is 0 Å². The van der Waals surface area contributed by atoms with E-state index in [9.17, 15) is 14.0 Å². The largest absolute Gasteiger partial charge is 0.326 e. The summed E-state index contributed by atoms with van der Waals surface area (Å²) in [6.45, 7) is 1.39. The zero-order valence-electron chi connectivity index (χ0n) is 10.6. The molecule has 0 unspecified atom stereocenters. The lowest BCUT2D eigenvalue weighted by atomic mass is 10.0. The average molecular weight is 292 g/mol. The van der Waals surface area contributed by atoms with Gasteiger partial charge in [-0.15, -0.1) is 0 Å². The fraction of sp³-hybridized carbons (Fsp3) is 0.0667. The monoisotopic (exact) mass is 291 g/mol. The number of amides is 1. The van der Waals surface area contributed by atoms with E-state index in [2.05, 4.69) is 5.32 Å². The lowest BCUT2D eigenvalue weighted by Crippen LogP contribution is -2.07. The van der Waals surface area contributed by atoms with Crippen LogP contribution in [0.25, 0.3) is 0 Å². The molecule has 0 saturated carbocycles. The van der Waals surface area contributed by atoms with Gasteiger partial charge in [-0.2, -0.15) is 0 Å². The van der Waals surface area contributed by atoms with Crippen LogP contribution in [-0.2, 0) is 4.79 Å². The number of carbonyl (C=O) groups is 2. The third kappa shape index (κ3) is 3.22. The first kappa shape index (κ1) is 14.2. The molecule has 102 valence electrons. The van der Waals surface area contributed by atoms with E-state index < -0.39 is 11.6 Å². The highest BCUT2D eigenvalue weighted by atomic mass is 35.5. The Kier molecular flexibility index (Phi) is 4.15. The summed E-state index contributed by atoms with van der Waals surface area (Å²) in [7, 11) is 0. The smallest absolute Gasteiger partial charge is 0.221 e. The maximum absolute atomic E-state index is 13.7. The Labute approximate surface area is 120 Å². The SMILES string of the molecule is CC(=O)Nc1ccc(C(=O)c2ccc(Cl)cc2F)cc1. The second kappa shape index (κ2) is 5.84. The van der Waals surface area contributed by atoms with Gasteiger partial charge in [-0.3, -0.25) is 9.59 Å². The molecule has 0 bridgehead atoms. The summed E-state index contributed by atoms with van der Waals surface area (Å²) in [6, 6.07) is 10.1. The van der Waals surface area contributed by atoms with Gasteiger partial charge in [0.2, 0.25) is 5.91 Å². The number of halogens is 2. The Bertz CT molecular complexity index is 668. The van der Waals surface area contributed by atoms with Crippen molar-refractivity contribution in [3.05, 3.63) is 64.4 Å². The first-order valence-corrected chi connectivity index (χ1v) is 6.22. The normalized spacial score (nSPS) is 10.2. The van der Waals surface area contributed by atoms with Crippen LogP contribution in [0.1, 0.15) is 22.8 Å². The van der Waals surface area contributed by atoms with Crippen LogP contribution in [0.2, 0.25) is 5.02 Å².